The van der Waals surface area contributed by atoms with Crippen molar-refractivity contribution in [2.75, 3.05) is 13.7 Å². The molecule has 0 aliphatic rings. The number of rotatable bonds is 5. The van der Waals surface area contributed by atoms with Gasteiger partial charge in [-0.3, -0.25) is 4.98 Å². The van der Waals surface area contributed by atoms with Crippen LogP contribution in [0.4, 0.5) is 0 Å². The minimum absolute atomic E-state index is 0.531. The second-order valence-corrected chi connectivity index (χ2v) is 5.13. The SMILES string of the molecule is CCOc1ccncc1/C=C(\C#N)c1c[nH]c2ccc(OC)cc12. The number of nitrogens with one attached hydrogen (secondary N) is 1. The Bertz CT molecular complexity index is 935. The van der Waals surface area contributed by atoms with Crippen molar-refractivity contribution in [2.24, 2.45) is 0 Å². The average molecular weight is 319 g/mol. The second-order valence-electron chi connectivity index (χ2n) is 5.13. The van der Waals surface area contributed by atoms with Gasteiger partial charge in [-0.05, 0) is 37.3 Å². The van der Waals surface area contributed by atoms with Gasteiger partial charge in [-0.25, -0.2) is 0 Å². The zero-order chi connectivity index (χ0) is 16.9. The van der Waals surface area contributed by atoms with E-state index in [2.05, 4.69) is 16.0 Å². The van der Waals surface area contributed by atoms with Crippen molar-refractivity contribution in [2.45, 2.75) is 6.92 Å². The summed E-state index contributed by atoms with van der Waals surface area (Å²) in [7, 11) is 1.62. The van der Waals surface area contributed by atoms with E-state index in [1.165, 1.54) is 0 Å². The van der Waals surface area contributed by atoms with Crippen LogP contribution in [-0.4, -0.2) is 23.7 Å². The largest absolute Gasteiger partial charge is 0.497 e. The van der Waals surface area contributed by atoms with Gasteiger partial charge in [0.15, 0.2) is 0 Å². The Morgan fingerprint density at radius 3 is 3.00 bits per heavy atom. The minimum Gasteiger partial charge on any atom is -0.497 e. The predicted octanol–water partition coefficient (Wildman–Crippen LogP) is 4.03. The van der Waals surface area contributed by atoms with Crippen LogP contribution in [0.3, 0.4) is 0 Å². The maximum atomic E-state index is 9.64. The molecule has 0 unspecified atom stereocenters. The molecule has 3 aromatic rings. The second kappa shape index (κ2) is 6.88. The zero-order valence-corrected chi connectivity index (χ0v) is 13.5. The van der Waals surface area contributed by atoms with Gasteiger partial charge >= 0.3 is 0 Å². The summed E-state index contributed by atoms with van der Waals surface area (Å²) in [5.41, 5.74) is 3.07. The number of benzene rings is 1. The molecule has 0 aliphatic carbocycles. The van der Waals surface area contributed by atoms with Gasteiger partial charge in [0.25, 0.3) is 0 Å². The lowest BCUT2D eigenvalue weighted by Gasteiger charge is -2.07. The average Bonchev–Trinajstić information content (AvgIpc) is 3.04. The van der Waals surface area contributed by atoms with Gasteiger partial charge in [0.2, 0.25) is 0 Å². The molecule has 24 heavy (non-hydrogen) atoms. The molecule has 1 aromatic carbocycles. The first-order valence-corrected chi connectivity index (χ1v) is 7.61. The highest BCUT2D eigenvalue weighted by Gasteiger charge is 2.11. The maximum Gasteiger partial charge on any atom is 0.129 e. The van der Waals surface area contributed by atoms with Gasteiger partial charge in [-0.15, -0.1) is 0 Å². The monoisotopic (exact) mass is 319 g/mol. The van der Waals surface area contributed by atoms with Crippen LogP contribution in [0.5, 0.6) is 11.5 Å². The molecule has 3 rings (SSSR count). The molecule has 0 aliphatic heterocycles. The summed E-state index contributed by atoms with van der Waals surface area (Å²) >= 11 is 0. The number of aromatic nitrogens is 2. The van der Waals surface area contributed by atoms with E-state index in [1.807, 2.05) is 31.3 Å². The number of nitriles is 1. The normalized spacial score (nSPS) is 11.3. The summed E-state index contributed by atoms with van der Waals surface area (Å²) in [6, 6.07) is 9.79. The minimum atomic E-state index is 0.531. The molecule has 2 heterocycles. The Balaban J connectivity index is 2.11. The van der Waals surface area contributed by atoms with E-state index >= 15 is 0 Å². The van der Waals surface area contributed by atoms with Gasteiger partial charge in [-0.2, -0.15) is 5.26 Å². The number of hydrogen-bond donors (Lipinski definition) is 1. The van der Waals surface area contributed by atoms with Crippen LogP contribution in [0.25, 0.3) is 22.6 Å². The fourth-order valence-electron chi connectivity index (χ4n) is 2.56. The molecule has 0 saturated carbocycles. The molecule has 0 saturated heterocycles. The van der Waals surface area contributed by atoms with Crippen LogP contribution >= 0.6 is 0 Å². The zero-order valence-electron chi connectivity index (χ0n) is 13.5. The molecular formula is C19H17N3O2. The summed E-state index contributed by atoms with van der Waals surface area (Å²) in [4.78, 5) is 7.31. The van der Waals surface area contributed by atoms with Crippen LogP contribution in [0.1, 0.15) is 18.1 Å². The number of H-pyrrole nitrogens is 1. The third-order valence-electron chi connectivity index (χ3n) is 3.71. The first kappa shape index (κ1) is 15.6. The highest BCUT2D eigenvalue weighted by atomic mass is 16.5. The third-order valence-corrected chi connectivity index (χ3v) is 3.71. The van der Waals surface area contributed by atoms with Gasteiger partial charge in [0.1, 0.15) is 11.5 Å². The maximum absolute atomic E-state index is 9.64. The number of methoxy groups -OCH3 is 1. The van der Waals surface area contributed by atoms with E-state index in [0.29, 0.717) is 17.9 Å². The molecule has 5 nitrogen and oxygen atoms in total. The Labute approximate surface area is 140 Å². The van der Waals surface area contributed by atoms with Crippen molar-refractivity contribution >= 4 is 22.6 Å². The molecule has 0 radical (unpaired) electrons. The lowest BCUT2D eigenvalue weighted by atomic mass is 10.0. The van der Waals surface area contributed by atoms with E-state index < -0.39 is 0 Å². The summed E-state index contributed by atoms with van der Waals surface area (Å²) in [6.45, 7) is 2.47. The number of pyridine rings is 1. The number of fused-ring (bicyclic) bond motifs is 1. The molecule has 0 atom stereocenters. The lowest BCUT2D eigenvalue weighted by molar-refractivity contribution is 0.339. The van der Waals surface area contributed by atoms with Crippen LogP contribution in [0.15, 0.2) is 42.9 Å². The number of aromatic amines is 1. The van der Waals surface area contributed by atoms with Crippen molar-refractivity contribution in [3.05, 3.63) is 54.0 Å². The van der Waals surface area contributed by atoms with E-state index in [-0.39, 0.29) is 0 Å². The topological polar surface area (TPSA) is 70.9 Å². The number of ether oxygens (including phenoxy) is 2. The Hall–Kier alpha value is -3.26. The third kappa shape index (κ3) is 2.95. The molecule has 120 valence electrons. The van der Waals surface area contributed by atoms with Crippen LogP contribution < -0.4 is 9.47 Å². The van der Waals surface area contributed by atoms with Crippen molar-refractivity contribution in [1.29, 1.82) is 5.26 Å². The molecule has 1 N–H and O–H groups in total. The van der Waals surface area contributed by atoms with Crippen molar-refractivity contribution in [1.82, 2.24) is 9.97 Å². The van der Waals surface area contributed by atoms with E-state index in [9.17, 15) is 5.26 Å². The molecule has 0 fully saturated rings. The highest BCUT2D eigenvalue weighted by molar-refractivity contribution is 6.01. The van der Waals surface area contributed by atoms with E-state index in [4.69, 9.17) is 9.47 Å². The summed E-state index contributed by atoms with van der Waals surface area (Å²) in [6.07, 6.45) is 6.98. The Morgan fingerprint density at radius 2 is 2.25 bits per heavy atom. The fraction of sp³-hybridized carbons (Fsp3) is 0.158. The Kier molecular flexibility index (Phi) is 4.48. The molecule has 0 amide bonds. The Morgan fingerprint density at radius 1 is 1.38 bits per heavy atom. The number of allylic oxidation sites excluding steroid dienone is 1. The molecular weight excluding hydrogens is 302 g/mol. The first-order chi connectivity index (χ1) is 11.8. The van der Waals surface area contributed by atoms with Crippen molar-refractivity contribution in [3.63, 3.8) is 0 Å². The first-order valence-electron chi connectivity index (χ1n) is 7.61. The van der Waals surface area contributed by atoms with Crippen LogP contribution in [0.2, 0.25) is 0 Å². The van der Waals surface area contributed by atoms with E-state index in [1.54, 1.807) is 31.6 Å². The van der Waals surface area contributed by atoms with Crippen molar-refractivity contribution in [3.8, 4) is 17.6 Å². The molecule has 5 heteroatoms. The highest BCUT2D eigenvalue weighted by Crippen LogP contribution is 2.30. The smallest absolute Gasteiger partial charge is 0.129 e. The fourth-order valence-corrected chi connectivity index (χ4v) is 2.56. The summed E-state index contributed by atoms with van der Waals surface area (Å²) in [5.74, 6) is 1.45. The van der Waals surface area contributed by atoms with Crippen LogP contribution in [-0.2, 0) is 0 Å². The van der Waals surface area contributed by atoms with Gasteiger partial charge in [0.05, 0.1) is 25.4 Å². The van der Waals surface area contributed by atoms with Crippen LogP contribution in [0, 0.1) is 11.3 Å². The van der Waals surface area contributed by atoms with E-state index in [0.717, 1.165) is 27.8 Å². The summed E-state index contributed by atoms with van der Waals surface area (Å²) < 4.78 is 10.9. The van der Waals surface area contributed by atoms with Gasteiger partial charge < -0.3 is 14.5 Å². The standard InChI is InChI=1S/C19H17N3O2/c1-3-24-19-6-7-21-11-14(19)8-13(10-20)17-12-22-18-5-4-15(23-2)9-16(17)18/h4-9,11-12,22H,3H2,1-2H3/b13-8+. The number of nitrogens with zero attached hydrogens (tertiary/aromatic N) is 2. The molecule has 0 bridgehead atoms. The predicted molar refractivity (Wildman–Crippen MR) is 93.7 cm³/mol. The molecule has 0 spiro atoms. The summed E-state index contributed by atoms with van der Waals surface area (Å²) in [5, 5.41) is 10.6. The quantitative estimate of drug-likeness (QED) is 0.721. The lowest BCUT2D eigenvalue weighted by Crippen LogP contribution is -1.94. The van der Waals surface area contributed by atoms with Crippen molar-refractivity contribution < 1.29 is 9.47 Å². The number of hydrogen-bond acceptors (Lipinski definition) is 4. The van der Waals surface area contributed by atoms with Gasteiger partial charge in [0, 0.05) is 40.6 Å². The molecule has 2 aromatic heterocycles. The van der Waals surface area contributed by atoms with Gasteiger partial charge in [-0.1, -0.05) is 0 Å².